The van der Waals surface area contributed by atoms with Crippen LogP contribution in [-0.2, 0) is 20.7 Å². The minimum Gasteiger partial charge on any atom is -0.504 e. The van der Waals surface area contributed by atoms with Crippen molar-refractivity contribution in [3.63, 3.8) is 0 Å². The van der Waals surface area contributed by atoms with Crippen LogP contribution in [0, 0.1) is 5.82 Å². The lowest BCUT2D eigenvalue weighted by molar-refractivity contribution is -0.149. The maximum atomic E-state index is 13.2. The third kappa shape index (κ3) is 4.01. The molecule has 2 rings (SSSR count). The summed E-state index contributed by atoms with van der Waals surface area (Å²) in [7, 11) is 2.49. The standard InChI is InChI=1S/C17H15FO6/c1-22-16-8-11(18)4-3-10(16)7-12-5-6-15(24-12)13(19)9-14(20)17(21)23-2/h3-6,8-9,19H,7H2,1-2H3. The first-order valence-electron chi connectivity index (χ1n) is 6.89. The van der Waals surface area contributed by atoms with Gasteiger partial charge in [-0.1, -0.05) is 6.07 Å². The van der Waals surface area contributed by atoms with Gasteiger partial charge in [-0.2, -0.15) is 0 Å². The minimum atomic E-state index is -1.09. The quantitative estimate of drug-likeness (QED) is 0.378. The van der Waals surface area contributed by atoms with Crippen molar-refractivity contribution in [1.29, 1.82) is 0 Å². The molecule has 0 unspecified atom stereocenters. The molecule has 1 aromatic heterocycles. The highest BCUT2D eigenvalue weighted by molar-refractivity contribution is 6.39. The highest BCUT2D eigenvalue weighted by atomic mass is 19.1. The number of hydrogen-bond donors (Lipinski definition) is 1. The fourth-order valence-electron chi connectivity index (χ4n) is 2.02. The third-order valence-electron chi connectivity index (χ3n) is 3.18. The third-order valence-corrected chi connectivity index (χ3v) is 3.18. The van der Waals surface area contributed by atoms with Gasteiger partial charge in [0.05, 0.1) is 14.2 Å². The highest BCUT2D eigenvalue weighted by Crippen LogP contribution is 2.24. The van der Waals surface area contributed by atoms with Gasteiger partial charge in [-0.15, -0.1) is 0 Å². The zero-order chi connectivity index (χ0) is 17.7. The molecule has 0 bridgehead atoms. The van der Waals surface area contributed by atoms with Crippen LogP contribution in [0.1, 0.15) is 17.1 Å². The van der Waals surface area contributed by atoms with E-state index in [0.29, 0.717) is 29.6 Å². The molecule has 1 heterocycles. The van der Waals surface area contributed by atoms with Gasteiger partial charge >= 0.3 is 5.97 Å². The molecule has 0 radical (unpaired) electrons. The molecule has 1 aromatic carbocycles. The molecule has 1 N–H and O–H groups in total. The number of carbonyl (C=O) groups excluding carboxylic acids is 2. The van der Waals surface area contributed by atoms with E-state index < -0.39 is 23.3 Å². The van der Waals surface area contributed by atoms with Crippen LogP contribution in [0.2, 0.25) is 0 Å². The van der Waals surface area contributed by atoms with E-state index in [9.17, 15) is 19.1 Å². The largest absolute Gasteiger partial charge is 0.504 e. The average Bonchev–Trinajstić information content (AvgIpc) is 3.04. The van der Waals surface area contributed by atoms with E-state index in [2.05, 4.69) is 4.74 Å². The van der Waals surface area contributed by atoms with Crippen LogP contribution in [0.5, 0.6) is 5.75 Å². The molecule has 2 aromatic rings. The first kappa shape index (κ1) is 17.3. The van der Waals surface area contributed by atoms with E-state index in [4.69, 9.17) is 9.15 Å². The molecule has 24 heavy (non-hydrogen) atoms. The Bertz CT molecular complexity index is 790. The summed E-state index contributed by atoms with van der Waals surface area (Å²) in [6.07, 6.45) is 1.01. The minimum absolute atomic E-state index is 0.0170. The number of methoxy groups -OCH3 is 2. The van der Waals surface area contributed by atoms with E-state index in [0.717, 1.165) is 7.11 Å². The van der Waals surface area contributed by atoms with Gasteiger partial charge in [-0.05, 0) is 18.2 Å². The number of esters is 1. The number of aliphatic hydroxyl groups excluding tert-OH is 1. The van der Waals surface area contributed by atoms with Crippen LogP contribution in [-0.4, -0.2) is 31.1 Å². The van der Waals surface area contributed by atoms with Gasteiger partial charge in [-0.3, -0.25) is 4.79 Å². The van der Waals surface area contributed by atoms with E-state index in [1.54, 1.807) is 12.1 Å². The molecule has 0 saturated carbocycles. The summed E-state index contributed by atoms with van der Waals surface area (Å²) < 4.78 is 28.0. The SMILES string of the molecule is COC(=O)C(=O)C=C(O)c1ccc(Cc2ccc(F)cc2OC)o1. The van der Waals surface area contributed by atoms with Crippen molar-refractivity contribution in [3.05, 3.63) is 59.3 Å². The number of rotatable bonds is 6. The molecule has 0 amide bonds. The molecule has 6 nitrogen and oxygen atoms in total. The normalized spacial score (nSPS) is 11.2. The second kappa shape index (κ2) is 7.45. The van der Waals surface area contributed by atoms with Crippen molar-refractivity contribution >= 4 is 17.5 Å². The molecular weight excluding hydrogens is 319 g/mol. The van der Waals surface area contributed by atoms with Crippen LogP contribution in [0.25, 0.3) is 5.76 Å². The van der Waals surface area contributed by atoms with Crippen LogP contribution in [0.4, 0.5) is 4.39 Å². The Morgan fingerprint density at radius 3 is 2.67 bits per heavy atom. The monoisotopic (exact) mass is 334 g/mol. The Labute approximate surface area is 137 Å². The molecule has 0 aliphatic heterocycles. The first-order valence-corrected chi connectivity index (χ1v) is 6.89. The van der Waals surface area contributed by atoms with Crippen molar-refractivity contribution in [2.75, 3.05) is 14.2 Å². The summed E-state index contributed by atoms with van der Waals surface area (Å²) in [5, 5.41) is 9.82. The molecular formula is C17H15FO6. The number of halogens is 1. The number of ketones is 1. The molecule has 126 valence electrons. The van der Waals surface area contributed by atoms with Crippen molar-refractivity contribution in [1.82, 2.24) is 0 Å². The molecule has 0 saturated heterocycles. The van der Waals surface area contributed by atoms with Crippen molar-refractivity contribution in [3.8, 4) is 5.75 Å². The van der Waals surface area contributed by atoms with Gasteiger partial charge in [0.1, 0.15) is 17.3 Å². The van der Waals surface area contributed by atoms with E-state index in [1.165, 1.54) is 25.3 Å². The van der Waals surface area contributed by atoms with Crippen LogP contribution < -0.4 is 4.74 Å². The predicted molar refractivity (Wildman–Crippen MR) is 82.1 cm³/mol. The summed E-state index contributed by atoms with van der Waals surface area (Å²) in [6, 6.07) is 7.15. The maximum absolute atomic E-state index is 13.2. The molecule has 0 atom stereocenters. The van der Waals surface area contributed by atoms with E-state index in [-0.39, 0.29) is 5.76 Å². The number of benzene rings is 1. The number of hydrogen-bond acceptors (Lipinski definition) is 6. The maximum Gasteiger partial charge on any atom is 0.378 e. The van der Waals surface area contributed by atoms with Gasteiger partial charge in [0.2, 0.25) is 0 Å². The second-order valence-electron chi connectivity index (χ2n) is 4.78. The number of ether oxygens (including phenoxy) is 2. The summed E-state index contributed by atoms with van der Waals surface area (Å²) in [6.45, 7) is 0. The van der Waals surface area contributed by atoms with E-state index in [1.807, 2.05) is 0 Å². The summed E-state index contributed by atoms with van der Waals surface area (Å²) in [5.41, 5.74) is 0.689. The van der Waals surface area contributed by atoms with E-state index >= 15 is 0 Å². The van der Waals surface area contributed by atoms with Gasteiger partial charge in [0, 0.05) is 24.1 Å². The fraction of sp³-hybridized carbons (Fsp3) is 0.176. The lowest BCUT2D eigenvalue weighted by Crippen LogP contribution is -2.12. The highest BCUT2D eigenvalue weighted by Gasteiger charge is 2.15. The van der Waals surface area contributed by atoms with Crippen molar-refractivity contribution in [2.45, 2.75) is 6.42 Å². The fourth-order valence-corrected chi connectivity index (χ4v) is 2.02. The van der Waals surface area contributed by atoms with Crippen molar-refractivity contribution in [2.24, 2.45) is 0 Å². The number of furan rings is 1. The van der Waals surface area contributed by atoms with Gasteiger partial charge in [-0.25, -0.2) is 9.18 Å². The molecule has 0 aliphatic rings. The Morgan fingerprint density at radius 1 is 1.25 bits per heavy atom. The lowest BCUT2D eigenvalue weighted by atomic mass is 10.1. The summed E-state index contributed by atoms with van der Waals surface area (Å²) >= 11 is 0. The number of aliphatic hydroxyl groups is 1. The summed E-state index contributed by atoms with van der Waals surface area (Å²) in [4.78, 5) is 22.4. The molecule has 7 heteroatoms. The molecule has 0 spiro atoms. The van der Waals surface area contributed by atoms with Crippen molar-refractivity contribution < 1.29 is 33.0 Å². The Morgan fingerprint density at radius 2 is 2.00 bits per heavy atom. The Hall–Kier alpha value is -3.09. The van der Waals surface area contributed by atoms with Crippen LogP contribution in [0.3, 0.4) is 0 Å². The van der Waals surface area contributed by atoms with Gasteiger partial charge in [0.15, 0.2) is 11.5 Å². The zero-order valence-corrected chi connectivity index (χ0v) is 13.0. The summed E-state index contributed by atoms with van der Waals surface area (Å²) in [5.74, 6) is -2.17. The first-order chi connectivity index (χ1) is 11.4. The lowest BCUT2D eigenvalue weighted by Gasteiger charge is -2.07. The predicted octanol–water partition coefficient (Wildman–Crippen LogP) is 2.66. The number of carbonyl (C=O) groups is 2. The molecule has 0 aliphatic carbocycles. The molecule has 0 fully saturated rings. The zero-order valence-electron chi connectivity index (χ0n) is 13.0. The van der Waals surface area contributed by atoms with Gasteiger partial charge in [0.25, 0.3) is 5.78 Å². The topological polar surface area (TPSA) is 86.0 Å². The average molecular weight is 334 g/mol. The van der Waals surface area contributed by atoms with Crippen LogP contribution in [0.15, 0.2) is 40.8 Å². The smallest absolute Gasteiger partial charge is 0.378 e. The van der Waals surface area contributed by atoms with Gasteiger partial charge < -0.3 is 19.0 Å². The van der Waals surface area contributed by atoms with Crippen LogP contribution >= 0.6 is 0 Å². The second-order valence-corrected chi connectivity index (χ2v) is 4.78. The Balaban J connectivity index is 2.18. The Kier molecular flexibility index (Phi) is 5.36.